The summed E-state index contributed by atoms with van der Waals surface area (Å²) in [4.78, 5) is 4.15. The number of nitrogens with one attached hydrogen (secondary N) is 1. The van der Waals surface area contributed by atoms with Gasteiger partial charge in [0.05, 0.1) is 4.47 Å². The van der Waals surface area contributed by atoms with Crippen molar-refractivity contribution in [1.82, 2.24) is 10.3 Å². The van der Waals surface area contributed by atoms with Crippen LogP contribution in [0.1, 0.15) is 24.1 Å². The molecule has 2 heterocycles. The Morgan fingerprint density at radius 3 is 3.00 bits per heavy atom. The molecule has 0 amide bonds. The topological polar surface area (TPSA) is 43.4 Å². The van der Waals surface area contributed by atoms with E-state index in [1.807, 2.05) is 18.3 Å². The number of pyridine rings is 1. The fraction of sp³-hybridized carbons (Fsp3) is 0.312. The number of fused-ring (bicyclic) bond motifs is 1. The number of benzene rings is 1. The number of nitrogens with zero attached hydrogens (tertiary/aromatic N) is 1. The Bertz CT molecular complexity index is 619. The molecular formula is C16H17BrN2O2. The monoisotopic (exact) mass is 348 g/mol. The molecule has 0 aliphatic carbocycles. The molecule has 1 aliphatic heterocycles. The van der Waals surface area contributed by atoms with Crippen molar-refractivity contribution in [2.75, 3.05) is 13.2 Å². The van der Waals surface area contributed by atoms with Crippen molar-refractivity contribution in [2.24, 2.45) is 0 Å². The summed E-state index contributed by atoms with van der Waals surface area (Å²) < 4.78 is 12.2. The highest BCUT2D eigenvalue weighted by Crippen LogP contribution is 2.38. The molecule has 0 fully saturated rings. The molecule has 3 rings (SSSR count). The summed E-state index contributed by atoms with van der Waals surface area (Å²) in [5.74, 6) is 1.60. The van der Waals surface area contributed by atoms with Gasteiger partial charge in [0.15, 0.2) is 11.5 Å². The zero-order chi connectivity index (χ0) is 14.7. The average Bonchev–Trinajstić information content (AvgIpc) is 2.53. The molecule has 5 heteroatoms. The Balaban J connectivity index is 1.69. The second kappa shape index (κ2) is 6.45. The van der Waals surface area contributed by atoms with E-state index in [-0.39, 0.29) is 6.04 Å². The maximum atomic E-state index is 5.64. The Labute approximate surface area is 132 Å². The molecule has 0 radical (unpaired) electrons. The molecular weight excluding hydrogens is 332 g/mol. The molecule has 4 nitrogen and oxygen atoms in total. The molecule has 1 N–H and O–H groups in total. The standard InChI is InChI=1S/C16H17BrN2O2/c1-11(13-3-2-4-18-10-13)19-9-12-7-14(17)16-15(8-12)20-5-6-21-16/h2-4,7-8,10-11,19H,5-6,9H2,1H3. The number of halogens is 1. The molecule has 1 unspecified atom stereocenters. The third-order valence-electron chi connectivity index (χ3n) is 3.45. The summed E-state index contributed by atoms with van der Waals surface area (Å²) in [6.07, 6.45) is 3.67. The summed E-state index contributed by atoms with van der Waals surface area (Å²) >= 11 is 3.54. The predicted octanol–water partition coefficient (Wildman–Crippen LogP) is 3.47. The zero-order valence-corrected chi connectivity index (χ0v) is 13.4. The van der Waals surface area contributed by atoms with Crippen LogP contribution in [0, 0.1) is 0 Å². The fourth-order valence-corrected chi connectivity index (χ4v) is 2.89. The quantitative estimate of drug-likeness (QED) is 0.918. The molecule has 1 aromatic heterocycles. The van der Waals surface area contributed by atoms with Crippen LogP contribution in [0.15, 0.2) is 41.1 Å². The summed E-state index contributed by atoms with van der Waals surface area (Å²) in [5.41, 5.74) is 2.33. The minimum absolute atomic E-state index is 0.241. The lowest BCUT2D eigenvalue weighted by Gasteiger charge is -2.21. The molecule has 0 bridgehead atoms. The smallest absolute Gasteiger partial charge is 0.175 e. The van der Waals surface area contributed by atoms with E-state index < -0.39 is 0 Å². The maximum Gasteiger partial charge on any atom is 0.175 e. The van der Waals surface area contributed by atoms with Crippen LogP contribution in [-0.4, -0.2) is 18.2 Å². The highest BCUT2D eigenvalue weighted by atomic mass is 79.9. The van der Waals surface area contributed by atoms with Crippen LogP contribution in [0.3, 0.4) is 0 Å². The summed E-state index contributed by atoms with van der Waals surface area (Å²) in [6, 6.07) is 8.36. The van der Waals surface area contributed by atoms with Gasteiger partial charge in [-0.1, -0.05) is 6.07 Å². The highest BCUT2D eigenvalue weighted by molar-refractivity contribution is 9.10. The van der Waals surface area contributed by atoms with Crippen molar-refractivity contribution in [1.29, 1.82) is 0 Å². The lowest BCUT2D eigenvalue weighted by Crippen LogP contribution is -2.19. The summed E-state index contributed by atoms with van der Waals surface area (Å²) in [7, 11) is 0. The SMILES string of the molecule is CC(NCc1cc(Br)c2c(c1)OCCO2)c1cccnc1. The first-order valence-corrected chi connectivity index (χ1v) is 7.74. The van der Waals surface area contributed by atoms with Gasteiger partial charge in [0.2, 0.25) is 0 Å². The van der Waals surface area contributed by atoms with E-state index in [9.17, 15) is 0 Å². The number of aromatic nitrogens is 1. The Morgan fingerprint density at radius 2 is 2.19 bits per heavy atom. The molecule has 2 aromatic rings. The van der Waals surface area contributed by atoms with Gasteiger partial charge in [-0.25, -0.2) is 0 Å². The van der Waals surface area contributed by atoms with Crippen LogP contribution in [0.4, 0.5) is 0 Å². The summed E-state index contributed by atoms with van der Waals surface area (Å²) in [5, 5.41) is 3.49. The van der Waals surface area contributed by atoms with Gasteiger partial charge in [0.25, 0.3) is 0 Å². The Hall–Kier alpha value is -1.59. The Morgan fingerprint density at radius 1 is 1.33 bits per heavy atom. The minimum atomic E-state index is 0.241. The van der Waals surface area contributed by atoms with E-state index in [0.717, 1.165) is 28.1 Å². The molecule has 0 saturated heterocycles. The van der Waals surface area contributed by atoms with Crippen molar-refractivity contribution >= 4 is 15.9 Å². The van der Waals surface area contributed by atoms with Crippen LogP contribution in [0.2, 0.25) is 0 Å². The lowest BCUT2D eigenvalue weighted by atomic mass is 10.1. The Kier molecular flexibility index (Phi) is 4.41. The molecule has 0 saturated carbocycles. The van der Waals surface area contributed by atoms with Crippen molar-refractivity contribution in [3.63, 3.8) is 0 Å². The molecule has 21 heavy (non-hydrogen) atoms. The number of hydrogen-bond acceptors (Lipinski definition) is 4. The number of hydrogen-bond donors (Lipinski definition) is 1. The van der Waals surface area contributed by atoms with Crippen LogP contribution in [-0.2, 0) is 6.54 Å². The van der Waals surface area contributed by atoms with E-state index in [1.54, 1.807) is 6.20 Å². The van der Waals surface area contributed by atoms with Crippen LogP contribution < -0.4 is 14.8 Å². The number of rotatable bonds is 4. The summed E-state index contributed by atoms with van der Waals surface area (Å²) in [6.45, 7) is 4.08. The molecule has 1 aromatic carbocycles. The third-order valence-corrected chi connectivity index (χ3v) is 4.04. The third kappa shape index (κ3) is 3.36. The van der Waals surface area contributed by atoms with Gasteiger partial charge in [0.1, 0.15) is 13.2 Å². The first kappa shape index (κ1) is 14.4. The number of ether oxygens (including phenoxy) is 2. The highest BCUT2D eigenvalue weighted by Gasteiger charge is 2.16. The van der Waals surface area contributed by atoms with Crippen molar-refractivity contribution in [3.8, 4) is 11.5 Å². The van der Waals surface area contributed by atoms with Crippen molar-refractivity contribution < 1.29 is 9.47 Å². The minimum Gasteiger partial charge on any atom is -0.486 e. The second-order valence-corrected chi connectivity index (χ2v) is 5.85. The largest absolute Gasteiger partial charge is 0.486 e. The van der Waals surface area contributed by atoms with Gasteiger partial charge in [-0.15, -0.1) is 0 Å². The molecule has 1 aliphatic rings. The second-order valence-electron chi connectivity index (χ2n) is 4.99. The van der Waals surface area contributed by atoms with E-state index in [0.29, 0.717) is 13.2 Å². The van der Waals surface area contributed by atoms with E-state index >= 15 is 0 Å². The van der Waals surface area contributed by atoms with Crippen molar-refractivity contribution in [2.45, 2.75) is 19.5 Å². The van der Waals surface area contributed by atoms with Gasteiger partial charge in [-0.3, -0.25) is 4.98 Å². The van der Waals surface area contributed by atoms with Gasteiger partial charge in [0, 0.05) is 25.0 Å². The van der Waals surface area contributed by atoms with E-state index in [2.05, 4.69) is 45.3 Å². The van der Waals surface area contributed by atoms with Crippen LogP contribution in [0.5, 0.6) is 11.5 Å². The average molecular weight is 349 g/mol. The molecule has 1 atom stereocenters. The fourth-order valence-electron chi connectivity index (χ4n) is 2.29. The first-order valence-electron chi connectivity index (χ1n) is 6.95. The lowest BCUT2D eigenvalue weighted by molar-refractivity contribution is 0.170. The maximum absolute atomic E-state index is 5.64. The normalized spacial score (nSPS) is 14.8. The van der Waals surface area contributed by atoms with Crippen molar-refractivity contribution in [3.05, 3.63) is 52.3 Å². The van der Waals surface area contributed by atoms with Gasteiger partial charge >= 0.3 is 0 Å². The zero-order valence-electron chi connectivity index (χ0n) is 11.8. The van der Waals surface area contributed by atoms with Crippen LogP contribution in [0.25, 0.3) is 0 Å². The van der Waals surface area contributed by atoms with E-state index in [1.165, 1.54) is 5.56 Å². The first-order chi connectivity index (χ1) is 10.2. The van der Waals surface area contributed by atoms with Gasteiger partial charge in [-0.05, 0) is 52.2 Å². The predicted molar refractivity (Wildman–Crippen MR) is 84.6 cm³/mol. The molecule has 110 valence electrons. The molecule has 0 spiro atoms. The van der Waals surface area contributed by atoms with Gasteiger partial charge < -0.3 is 14.8 Å². The van der Waals surface area contributed by atoms with Crippen LogP contribution >= 0.6 is 15.9 Å². The van der Waals surface area contributed by atoms with Gasteiger partial charge in [-0.2, -0.15) is 0 Å². The van der Waals surface area contributed by atoms with E-state index in [4.69, 9.17) is 9.47 Å².